The molecule has 134 valence electrons. The maximum Gasteiger partial charge on any atom is 0.279 e. The summed E-state index contributed by atoms with van der Waals surface area (Å²) in [6, 6.07) is 8.79. The first-order chi connectivity index (χ1) is 12.0. The molecule has 0 saturated carbocycles. The number of quaternary nitrogens is 1. The lowest BCUT2D eigenvalue weighted by molar-refractivity contribution is -0.881. The highest BCUT2D eigenvalue weighted by molar-refractivity contribution is 7.09. The van der Waals surface area contributed by atoms with Crippen molar-refractivity contribution in [2.75, 3.05) is 25.0 Å². The van der Waals surface area contributed by atoms with E-state index in [4.69, 9.17) is 23.2 Å². The van der Waals surface area contributed by atoms with Gasteiger partial charge in [0.2, 0.25) is 0 Å². The molecule has 1 heterocycles. The molecule has 2 amide bonds. The maximum atomic E-state index is 12.2. The number of benzene rings is 1. The molecule has 8 heteroatoms. The molecule has 0 spiro atoms. The van der Waals surface area contributed by atoms with Gasteiger partial charge in [-0.25, -0.2) is 0 Å². The SMILES string of the molecule is CC[NH+](CC(=O)NCc1cccs1)CC(=O)Nc1cc(Cl)ccc1Cl. The van der Waals surface area contributed by atoms with Crippen LogP contribution in [0.3, 0.4) is 0 Å². The first-order valence-corrected chi connectivity index (χ1v) is 9.49. The Balaban J connectivity index is 1.82. The van der Waals surface area contributed by atoms with E-state index < -0.39 is 0 Å². The van der Waals surface area contributed by atoms with Crippen LogP contribution < -0.4 is 15.5 Å². The van der Waals surface area contributed by atoms with E-state index in [1.165, 1.54) is 0 Å². The molecule has 2 aromatic rings. The molecule has 0 bridgehead atoms. The molecule has 1 aromatic carbocycles. The molecule has 0 aliphatic carbocycles. The molecule has 0 radical (unpaired) electrons. The van der Waals surface area contributed by atoms with E-state index in [-0.39, 0.29) is 24.9 Å². The second-order valence-electron chi connectivity index (χ2n) is 5.49. The molecule has 5 nitrogen and oxygen atoms in total. The van der Waals surface area contributed by atoms with Gasteiger partial charge in [0.1, 0.15) is 0 Å². The topological polar surface area (TPSA) is 62.6 Å². The van der Waals surface area contributed by atoms with Crippen LogP contribution in [0.4, 0.5) is 5.69 Å². The zero-order valence-electron chi connectivity index (χ0n) is 13.8. The number of rotatable bonds is 8. The fourth-order valence-corrected chi connectivity index (χ4v) is 3.20. The van der Waals surface area contributed by atoms with Crippen LogP contribution in [-0.4, -0.2) is 31.4 Å². The number of carbonyl (C=O) groups excluding carboxylic acids is 2. The van der Waals surface area contributed by atoms with Crippen molar-refractivity contribution in [3.63, 3.8) is 0 Å². The van der Waals surface area contributed by atoms with Gasteiger partial charge in [-0.15, -0.1) is 11.3 Å². The Morgan fingerprint density at radius 3 is 2.60 bits per heavy atom. The Bertz CT molecular complexity index is 723. The second kappa shape index (κ2) is 9.77. The first kappa shape index (κ1) is 19.7. The Labute approximate surface area is 160 Å². The fourth-order valence-electron chi connectivity index (χ4n) is 2.22. The molecule has 1 unspecified atom stereocenters. The van der Waals surface area contributed by atoms with Crippen LogP contribution in [0, 0.1) is 0 Å². The molecule has 0 aliphatic rings. The van der Waals surface area contributed by atoms with Crippen molar-refractivity contribution >= 4 is 52.0 Å². The summed E-state index contributed by atoms with van der Waals surface area (Å²) < 4.78 is 0. The summed E-state index contributed by atoms with van der Waals surface area (Å²) in [5, 5.41) is 8.49. The maximum absolute atomic E-state index is 12.2. The number of carbonyl (C=O) groups is 2. The zero-order valence-corrected chi connectivity index (χ0v) is 16.1. The van der Waals surface area contributed by atoms with Gasteiger partial charge in [-0.2, -0.15) is 0 Å². The lowest BCUT2D eigenvalue weighted by Crippen LogP contribution is -3.13. The Kier molecular flexibility index (Phi) is 7.71. The number of hydrogen-bond acceptors (Lipinski definition) is 3. The number of halogens is 2. The summed E-state index contributed by atoms with van der Waals surface area (Å²) in [5.74, 6) is -0.300. The zero-order chi connectivity index (χ0) is 18.2. The largest absolute Gasteiger partial charge is 0.346 e. The highest BCUT2D eigenvalue weighted by Crippen LogP contribution is 2.25. The van der Waals surface area contributed by atoms with Gasteiger partial charge in [0, 0.05) is 9.90 Å². The van der Waals surface area contributed by atoms with Crippen molar-refractivity contribution in [1.29, 1.82) is 0 Å². The van der Waals surface area contributed by atoms with E-state index in [2.05, 4.69) is 10.6 Å². The Morgan fingerprint density at radius 2 is 1.92 bits per heavy atom. The number of hydrogen-bond donors (Lipinski definition) is 3. The van der Waals surface area contributed by atoms with Crippen molar-refractivity contribution in [1.82, 2.24) is 5.32 Å². The van der Waals surface area contributed by atoms with Crippen LogP contribution in [0.25, 0.3) is 0 Å². The number of amides is 2. The minimum Gasteiger partial charge on any atom is -0.346 e. The van der Waals surface area contributed by atoms with Gasteiger partial charge in [0.05, 0.1) is 23.8 Å². The van der Waals surface area contributed by atoms with Crippen molar-refractivity contribution in [2.45, 2.75) is 13.5 Å². The molecule has 1 atom stereocenters. The summed E-state index contributed by atoms with van der Waals surface area (Å²) in [4.78, 5) is 26.2. The van der Waals surface area contributed by atoms with Gasteiger partial charge < -0.3 is 15.5 Å². The molecule has 0 aliphatic heterocycles. The quantitative estimate of drug-likeness (QED) is 0.635. The van der Waals surface area contributed by atoms with Crippen LogP contribution >= 0.6 is 34.5 Å². The highest BCUT2D eigenvalue weighted by atomic mass is 35.5. The molecule has 0 fully saturated rings. The highest BCUT2D eigenvalue weighted by Gasteiger charge is 2.17. The second-order valence-corrected chi connectivity index (χ2v) is 7.36. The van der Waals surface area contributed by atoms with Gasteiger partial charge in [-0.05, 0) is 36.6 Å². The van der Waals surface area contributed by atoms with Crippen molar-refractivity contribution < 1.29 is 14.5 Å². The Hall–Kier alpha value is -1.60. The third kappa shape index (κ3) is 6.66. The van der Waals surface area contributed by atoms with Crippen molar-refractivity contribution in [3.8, 4) is 0 Å². The molecule has 25 heavy (non-hydrogen) atoms. The molecular formula is C17H20Cl2N3O2S+. The van der Waals surface area contributed by atoms with E-state index in [9.17, 15) is 9.59 Å². The van der Waals surface area contributed by atoms with E-state index >= 15 is 0 Å². The van der Waals surface area contributed by atoms with Gasteiger partial charge in [-0.1, -0.05) is 29.3 Å². The summed E-state index contributed by atoms with van der Waals surface area (Å²) in [6.45, 7) is 3.51. The number of anilines is 1. The average molecular weight is 401 g/mol. The summed E-state index contributed by atoms with van der Waals surface area (Å²) in [6.07, 6.45) is 0. The van der Waals surface area contributed by atoms with Crippen LogP contribution in [-0.2, 0) is 16.1 Å². The summed E-state index contributed by atoms with van der Waals surface area (Å²) >= 11 is 13.5. The predicted molar refractivity (Wildman–Crippen MR) is 102 cm³/mol. The fraction of sp³-hybridized carbons (Fsp3) is 0.294. The third-order valence-electron chi connectivity index (χ3n) is 3.56. The monoisotopic (exact) mass is 400 g/mol. The van der Waals surface area contributed by atoms with Gasteiger partial charge in [-0.3, -0.25) is 9.59 Å². The van der Waals surface area contributed by atoms with Gasteiger partial charge in [0.25, 0.3) is 11.8 Å². The van der Waals surface area contributed by atoms with E-state index in [0.717, 1.165) is 9.78 Å². The van der Waals surface area contributed by atoms with E-state index in [0.29, 0.717) is 28.8 Å². The van der Waals surface area contributed by atoms with Crippen LogP contribution in [0.15, 0.2) is 35.7 Å². The predicted octanol–water partition coefficient (Wildman–Crippen LogP) is 2.21. The van der Waals surface area contributed by atoms with Crippen LogP contribution in [0.1, 0.15) is 11.8 Å². The molecule has 3 N–H and O–H groups in total. The van der Waals surface area contributed by atoms with Crippen LogP contribution in [0.5, 0.6) is 0 Å². The average Bonchev–Trinajstić information content (AvgIpc) is 3.09. The molecule has 2 rings (SSSR count). The standard InChI is InChI=1S/C17H19Cl2N3O2S/c1-2-22(10-16(23)20-9-13-4-3-7-25-13)11-17(24)21-15-8-12(18)5-6-14(15)19/h3-8H,2,9-11H2,1H3,(H,20,23)(H,21,24)/p+1. The summed E-state index contributed by atoms with van der Waals surface area (Å²) in [7, 11) is 0. The number of nitrogens with one attached hydrogen (secondary N) is 3. The van der Waals surface area contributed by atoms with Crippen molar-refractivity contribution in [2.24, 2.45) is 0 Å². The minimum absolute atomic E-state index is 0.0844. The van der Waals surface area contributed by atoms with Crippen LogP contribution in [0.2, 0.25) is 10.0 Å². The number of thiophene rings is 1. The molecule has 0 saturated heterocycles. The number of likely N-dealkylation sites (N-methyl/N-ethyl adjacent to an activating group) is 1. The smallest absolute Gasteiger partial charge is 0.279 e. The Morgan fingerprint density at radius 1 is 1.16 bits per heavy atom. The van der Waals surface area contributed by atoms with Gasteiger partial charge in [0.15, 0.2) is 13.1 Å². The third-order valence-corrected chi connectivity index (χ3v) is 5.00. The van der Waals surface area contributed by atoms with E-state index in [1.807, 2.05) is 24.4 Å². The first-order valence-electron chi connectivity index (χ1n) is 7.85. The summed E-state index contributed by atoms with van der Waals surface area (Å²) in [5.41, 5.74) is 0.469. The molecular weight excluding hydrogens is 381 g/mol. The minimum atomic E-state index is -0.216. The normalized spacial score (nSPS) is 11.8. The van der Waals surface area contributed by atoms with Gasteiger partial charge >= 0.3 is 0 Å². The van der Waals surface area contributed by atoms with E-state index in [1.54, 1.807) is 29.5 Å². The van der Waals surface area contributed by atoms with Crippen molar-refractivity contribution in [3.05, 3.63) is 50.6 Å². The molecule has 1 aromatic heterocycles. The lowest BCUT2D eigenvalue weighted by Gasteiger charge is -2.17. The lowest BCUT2D eigenvalue weighted by atomic mass is 10.3.